The Kier molecular flexibility index (Phi) is 3.36. The molecule has 1 fully saturated rings. The maximum atomic E-state index is 11.5. The van der Waals surface area contributed by atoms with Crippen molar-refractivity contribution in [3.8, 4) is 0 Å². The molecule has 1 aromatic rings. The number of carbonyl (C=O) groups is 1. The van der Waals surface area contributed by atoms with Gasteiger partial charge in [-0.15, -0.1) is 0 Å². The number of pyridine rings is 1. The van der Waals surface area contributed by atoms with Crippen LogP contribution >= 0.6 is 0 Å². The summed E-state index contributed by atoms with van der Waals surface area (Å²) in [5.41, 5.74) is 0.00338. The first-order valence-electron chi connectivity index (χ1n) is 5.73. The summed E-state index contributed by atoms with van der Waals surface area (Å²) in [7, 11) is -2.14. The number of anilines is 2. The van der Waals surface area contributed by atoms with Crippen molar-refractivity contribution in [1.82, 2.24) is 4.98 Å². The first-order valence-corrected chi connectivity index (χ1v) is 7.58. The summed E-state index contributed by atoms with van der Waals surface area (Å²) in [6.07, 6.45) is 3.06. The number of nitrogens with one attached hydrogen (secondary N) is 1. The zero-order chi connectivity index (χ0) is 14.2. The fraction of sp³-hybridized carbons (Fsp3) is 0.455. The lowest BCUT2D eigenvalue weighted by Gasteiger charge is -2.17. The van der Waals surface area contributed by atoms with E-state index in [0.717, 1.165) is 23.4 Å². The number of hydrogen-bond donors (Lipinski definition) is 2. The van der Waals surface area contributed by atoms with E-state index in [1.54, 1.807) is 0 Å². The molecule has 8 heteroatoms. The highest BCUT2D eigenvalue weighted by Crippen LogP contribution is 2.26. The van der Waals surface area contributed by atoms with Gasteiger partial charge in [-0.2, -0.15) is 0 Å². The molecule has 1 aliphatic rings. The lowest BCUT2D eigenvalue weighted by Crippen LogP contribution is -2.26. The van der Waals surface area contributed by atoms with Crippen LogP contribution in [0.4, 0.5) is 11.6 Å². The van der Waals surface area contributed by atoms with E-state index in [0.29, 0.717) is 11.9 Å². The maximum Gasteiger partial charge on any atom is 0.335 e. The first-order chi connectivity index (χ1) is 8.77. The summed E-state index contributed by atoms with van der Waals surface area (Å²) in [6.45, 7) is 0. The fourth-order valence-corrected chi connectivity index (χ4v) is 1.91. The van der Waals surface area contributed by atoms with Gasteiger partial charge in [-0.1, -0.05) is 0 Å². The second-order valence-corrected chi connectivity index (χ2v) is 6.57. The van der Waals surface area contributed by atoms with Gasteiger partial charge in [-0.3, -0.25) is 4.31 Å². The van der Waals surface area contributed by atoms with E-state index in [4.69, 9.17) is 5.11 Å². The van der Waals surface area contributed by atoms with Gasteiger partial charge in [0.1, 0.15) is 11.6 Å². The molecule has 0 saturated heterocycles. The highest BCUT2D eigenvalue weighted by atomic mass is 32.2. The minimum atomic E-state index is -3.48. The molecule has 2 N–H and O–H groups in total. The SMILES string of the molecule is CN(c1cc(C(=O)O)cc(NC2CC2)n1)S(C)(=O)=O. The van der Waals surface area contributed by atoms with Gasteiger partial charge in [0.2, 0.25) is 10.0 Å². The van der Waals surface area contributed by atoms with Gasteiger partial charge in [0.15, 0.2) is 0 Å². The first kappa shape index (κ1) is 13.6. The molecule has 19 heavy (non-hydrogen) atoms. The van der Waals surface area contributed by atoms with Gasteiger partial charge in [-0.25, -0.2) is 18.2 Å². The summed E-state index contributed by atoms with van der Waals surface area (Å²) >= 11 is 0. The van der Waals surface area contributed by atoms with Crippen molar-refractivity contribution >= 4 is 27.6 Å². The van der Waals surface area contributed by atoms with E-state index >= 15 is 0 Å². The van der Waals surface area contributed by atoms with Crippen molar-refractivity contribution in [2.75, 3.05) is 22.9 Å². The lowest BCUT2D eigenvalue weighted by atomic mass is 10.2. The van der Waals surface area contributed by atoms with Crippen molar-refractivity contribution in [1.29, 1.82) is 0 Å². The van der Waals surface area contributed by atoms with Crippen molar-refractivity contribution in [2.24, 2.45) is 0 Å². The molecule has 2 rings (SSSR count). The van der Waals surface area contributed by atoms with Crippen LogP contribution in [0, 0.1) is 0 Å². The molecule has 1 saturated carbocycles. The minimum Gasteiger partial charge on any atom is -0.478 e. The Bertz CT molecular complexity index is 610. The highest BCUT2D eigenvalue weighted by molar-refractivity contribution is 7.92. The fourth-order valence-electron chi connectivity index (χ4n) is 1.48. The molecule has 0 aromatic carbocycles. The van der Waals surface area contributed by atoms with Crippen LogP contribution in [0.25, 0.3) is 0 Å². The molecule has 0 aliphatic heterocycles. The van der Waals surface area contributed by atoms with E-state index in [2.05, 4.69) is 10.3 Å². The van der Waals surface area contributed by atoms with Crippen molar-refractivity contribution < 1.29 is 18.3 Å². The summed E-state index contributed by atoms with van der Waals surface area (Å²) in [5.74, 6) is -0.650. The largest absolute Gasteiger partial charge is 0.478 e. The monoisotopic (exact) mass is 285 g/mol. The number of carboxylic acids is 1. The van der Waals surface area contributed by atoms with E-state index in [9.17, 15) is 13.2 Å². The molecule has 0 amide bonds. The molecule has 0 bridgehead atoms. The molecule has 0 unspecified atom stereocenters. The Morgan fingerprint density at radius 2 is 2.11 bits per heavy atom. The lowest BCUT2D eigenvalue weighted by molar-refractivity contribution is 0.0697. The van der Waals surface area contributed by atoms with Crippen LogP contribution in [0.5, 0.6) is 0 Å². The second-order valence-electron chi connectivity index (χ2n) is 4.55. The van der Waals surface area contributed by atoms with Gasteiger partial charge in [-0.05, 0) is 25.0 Å². The third-order valence-corrected chi connectivity index (χ3v) is 3.99. The second kappa shape index (κ2) is 4.69. The number of sulfonamides is 1. The van der Waals surface area contributed by atoms with E-state index in [-0.39, 0.29) is 11.4 Å². The van der Waals surface area contributed by atoms with Gasteiger partial charge >= 0.3 is 5.97 Å². The van der Waals surface area contributed by atoms with Crippen molar-refractivity contribution in [3.63, 3.8) is 0 Å². The van der Waals surface area contributed by atoms with Crippen LogP contribution in [0.1, 0.15) is 23.2 Å². The Morgan fingerprint density at radius 1 is 1.47 bits per heavy atom. The van der Waals surface area contributed by atoms with Gasteiger partial charge < -0.3 is 10.4 Å². The summed E-state index contributed by atoms with van der Waals surface area (Å²) < 4.78 is 23.9. The number of nitrogens with zero attached hydrogens (tertiary/aromatic N) is 2. The van der Waals surface area contributed by atoms with E-state index in [1.807, 2.05) is 0 Å². The Balaban J connectivity index is 2.41. The Hall–Kier alpha value is -1.83. The zero-order valence-electron chi connectivity index (χ0n) is 10.6. The van der Waals surface area contributed by atoms with Crippen LogP contribution in [0.15, 0.2) is 12.1 Å². The normalized spacial score (nSPS) is 15.1. The summed E-state index contributed by atoms with van der Waals surface area (Å²) in [4.78, 5) is 15.2. The minimum absolute atomic E-state index is 0.00338. The average molecular weight is 285 g/mol. The molecule has 104 valence electrons. The molecule has 0 spiro atoms. The molecule has 1 aromatic heterocycles. The van der Waals surface area contributed by atoms with Gasteiger partial charge in [0, 0.05) is 13.1 Å². The third-order valence-electron chi connectivity index (χ3n) is 2.81. The molecule has 1 aliphatic carbocycles. The van der Waals surface area contributed by atoms with Crippen LogP contribution in [-0.4, -0.2) is 43.8 Å². The smallest absolute Gasteiger partial charge is 0.335 e. The topological polar surface area (TPSA) is 99.6 Å². The van der Waals surface area contributed by atoms with Crippen LogP contribution < -0.4 is 9.62 Å². The van der Waals surface area contributed by atoms with Crippen LogP contribution in [-0.2, 0) is 10.0 Å². The number of carboxylic acid groups (broad SMARTS) is 1. The average Bonchev–Trinajstić information content (AvgIpc) is 3.10. The quantitative estimate of drug-likeness (QED) is 0.828. The molecule has 0 radical (unpaired) electrons. The summed E-state index contributed by atoms with van der Waals surface area (Å²) in [5, 5.41) is 12.1. The predicted octanol–water partition coefficient (Wildman–Crippen LogP) is 0.750. The number of aromatic nitrogens is 1. The number of aromatic carboxylic acids is 1. The van der Waals surface area contributed by atoms with Crippen molar-refractivity contribution in [3.05, 3.63) is 17.7 Å². The zero-order valence-corrected chi connectivity index (χ0v) is 11.4. The standard InChI is InChI=1S/C11H15N3O4S/c1-14(19(2,17)18)10-6-7(11(15)16)5-9(13-10)12-8-3-4-8/h5-6,8H,3-4H2,1-2H3,(H,12,13)(H,15,16). The van der Waals surface area contributed by atoms with Crippen LogP contribution in [0.3, 0.4) is 0 Å². The van der Waals surface area contributed by atoms with Gasteiger partial charge in [0.25, 0.3) is 0 Å². The molecule has 7 nitrogen and oxygen atoms in total. The predicted molar refractivity (Wildman–Crippen MR) is 71.1 cm³/mol. The Labute approximate surface area is 111 Å². The van der Waals surface area contributed by atoms with E-state index < -0.39 is 16.0 Å². The van der Waals surface area contributed by atoms with Crippen molar-refractivity contribution in [2.45, 2.75) is 18.9 Å². The third kappa shape index (κ3) is 3.34. The molecule has 1 heterocycles. The Morgan fingerprint density at radius 3 is 2.58 bits per heavy atom. The number of hydrogen-bond acceptors (Lipinski definition) is 5. The van der Waals surface area contributed by atoms with Gasteiger partial charge in [0.05, 0.1) is 11.8 Å². The molecular weight excluding hydrogens is 270 g/mol. The summed E-state index contributed by atoms with van der Waals surface area (Å²) in [6, 6.07) is 2.94. The number of rotatable bonds is 5. The molecule has 0 atom stereocenters. The maximum absolute atomic E-state index is 11.5. The molecular formula is C11H15N3O4S. The van der Waals surface area contributed by atoms with E-state index in [1.165, 1.54) is 19.2 Å². The van der Waals surface area contributed by atoms with Crippen LogP contribution in [0.2, 0.25) is 0 Å². The highest BCUT2D eigenvalue weighted by Gasteiger charge is 2.23.